The molecule has 0 aromatic carbocycles. The molecule has 0 unspecified atom stereocenters. The van der Waals surface area contributed by atoms with Gasteiger partial charge in [-0.25, -0.2) is 4.98 Å². The number of ether oxygens (including phenoxy) is 1. The van der Waals surface area contributed by atoms with Crippen LogP contribution in [-0.2, 0) is 6.61 Å². The molecule has 0 aliphatic rings. The third kappa shape index (κ3) is 2.10. The molecule has 2 heterocycles. The number of aromatic amines is 1. The molecule has 0 aliphatic heterocycles. The lowest BCUT2D eigenvalue weighted by Gasteiger charge is -2.03. The van der Waals surface area contributed by atoms with Crippen molar-refractivity contribution in [2.24, 2.45) is 0 Å². The SMILES string of the molecule is Cc1cccc(OCc2cn[nH]c2)n1. The fourth-order valence-corrected chi connectivity index (χ4v) is 1.11. The standard InChI is InChI=1S/C10H11N3O/c1-8-3-2-4-10(13-8)14-7-9-5-11-12-6-9/h2-6H,7H2,1H3,(H,11,12). The van der Waals surface area contributed by atoms with Gasteiger partial charge in [-0.2, -0.15) is 5.10 Å². The highest BCUT2D eigenvalue weighted by molar-refractivity contribution is 5.15. The van der Waals surface area contributed by atoms with E-state index in [1.54, 1.807) is 12.4 Å². The molecule has 0 fully saturated rings. The lowest BCUT2D eigenvalue weighted by atomic mass is 10.4. The average Bonchev–Trinajstić information content (AvgIpc) is 2.67. The molecule has 0 saturated heterocycles. The maximum atomic E-state index is 5.46. The summed E-state index contributed by atoms with van der Waals surface area (Å²) in [6.07, 6.45) is 3.53. The number of hydrogen-bond acceptors (Lipinski definition) is 3. The minimum atomic E-state index is 0.493. The zero-order chi connectivity index (χ0) is 9.80. The van der Waals surface area contributed by atoms with Crippen LogP contribution in [0.3, 0.4) is 0 Å². The summed E-state index contributed by atoms with van der Waals surface area (Å²) < 4.78 is 5.46. The number of aryl methyl sites for hydroxylation is 1. The molecular formula is C10H11N3O. The van der Waals surface area contributed by atoms with Gasteiger partial charge in [-0.15, -0.1) is 0 Å². The Hall–Kier alpha value is -1.84. The maximum absolute atomic E-state index is 5.46. The van der Waals surface area contributed by atoms with E-state index >= 15 is 0 Å². The topological polar surface area (TPSA) is 50.8 Å². The van der Waals surface area contributed by atoms with Crippen molar-refractivity contribution in [2.45, 2.75) is 13.5 Å². The van der Waals surface area contributed by atoms with Crippen LogP contribution < -0.4 is 4.74 Å². The minimum absolute atomic E-state index is 0.493. The van der Waals surface area contributed by atoms with Crippen molar-refractivity contribution in [3.63, 3.8) is 0 Å². The lowest BCUT2D eigenvalue weighted by molar-refractivity contribution is 0.293. The van der Waals surface area contributed by atoms with E-state index in [9.17, 15) is 0 Å². The molecule has 1 N–H and O–H groups in total. The molecule has 2 aromatic heterocycles. The first-order valence-corrected chi connectivity index (χ1v) is 4.39. The van der Waals surface area contributed by atoms with Crippen molar-refractivity contribution < 1.29 is 4.74 Å². The van der Waals surface area contributed by atoms with Crippen LogP contribution in [0.15, 0.2) is 30.6 Å². The molecule has 4 nitrogen and oxygen atoms in total. The second-order valence-corrected chi connectivity index (χ2v) is 3.01. The summed E-state index contributed by atoms with van der Waals surface area (Å²) in [6, 6.07) is 5.70. The highest BCUT2D eigenvalue weighted by Crippen LogP contribution is 2.08. The number of rotatable bonds is 3. The molecule has 14 heavy (non-hydrogen) atoms. The Morgan fingerprint density at radius 3 is 3.07 bits per heavy atom. The number of H-pyrrole nitrogens is 1. The van der Waals surface area contributed by atoms with Crippen molar-refractivity contribution >= 4 is 0 Å². The molecule has 0 atom stereocenters. The van der Waals surface area contributed by atoms with Gasteiger partial charge < -0.3 is 4.74 Å². The summed E-state index contributed by atoms with van der Waals surface area (Å²) >= 11 is 0. The van der Waals surface area contributed by atoms with Crippen LogP contribution in [0.5, 0.6) is 5.88 Å². The van der Waals surface area contributed by atoms with E-state index in [2.05, 4.69) is 15.2 Å². The van der Waals surface area contributed by atoms with Crippen LogP contribution in [0.25, 0.3) is 0 Å². The molecule has 4 heteroatoms. The van der Waals surface area contributed by atoms with Gasteiger partial charge in [0.1, 0.15) is 6.61 Å². The summed E-state index contributed by atoms with van der Waals surface area (Å²) in [6.45, 7) is 2.43. The van der Waals surface area contributed by atoms with Crippen molar-refractivity contribution in [2.75, 3.05) is 0 Å². The van der Waals surface area contributed by atoms with Crippen LogP contribution in [0.1, 0.15) is 11.3 Å². The fraction of sp³-hybridized carbons (Fsp3) is 0.200. The zero-order valence-electron chi connectivity index (χ0n) is 7.90. The minimum Gasteiger partial charge on any atom is -0.473 e. The first kappa shape index (κ1) is 8.74. The second-order valence-electron chi connectivity index (χ2n) is 3.01. The summed E-state index contributed by atoms with van der Waals surface area (Å²) in [7, 11) is 0. The molecule has 0 spiro atoms. The Labute approximate surface area is 81.9 Å². The van der Waals surface area contributed by atoms with Crippen molar-refractivity contribution in [1.82, 2.24) is 15.2 Å². The molecule has 72 valence electrons. The van der Waals surface area contributed by atoms with Gasteiger partial charge in [0.2, 0.25) is 5.88 Å². The van der Waals surface area contributed by atoms with E-state index in [4.69, 9.17) is 4.74 Å². The summed E-state index contributed by atoms with van der Waals surface area (Å²) in [5.74, 6) is 0.645. The third-order valence-corrected chi connectivity index (χ3v) is 1.80. The van der Waals surface area contributed by atoms with E-state index in [0.29, 0.717) is 12.5 Å². The van der Waals surface area contributed by atoms with Crippen LogP contribution >= 0.6 is 0 Å². The van der Waals surface area contributed by atoms with Crippen LogP contribution in [0.4, 0.5) is 0 Å². The highest BCUT2D eigenvalue weighted by Gasteiger charge is 1.97. The van der Waals surface area contributed by atoms with Crippen LogP contribution in [-0.4, -0.2) is 15.2 Å². The van der Waals surface area contributed by atoms with Crippen LogP contribution in [0, 0.1) is 6.92 Å². The van der Waals surface area contributed by atoms with Gasteiger partial charge in [-0.05, 0) is 13.0 Å². The smallest absolute Gasteiger partial charge is 0.213 e. The number of hydrogen-bond donors (Lipinski definition) is 1. The number of nitrogens with zero attached hydrogens (tertiary/aromatic N) is 2. The monoisotopic (exact) mass is 189 g/mol. The first-order chi connectivity index (χ1) is 6.84. The van der Waals surface area contributed by atoms with Gasteiger partial charge in [0.05, 0.1) is 6.20 Å². The van der Waals surface area contributed by atoms with E-state index in [-0.39, 0.29) is 0 Å². The first-order valence-electron chi connectivity index (χ1n) is 4.39. The lowest BCUT2D eigenvalue weighted by Crippen LogP contribution is -1.96. The molecule has 0 aliphatic carbocycles. The van der Waals surface area contributed by atoms with Gasteiger partial charge >= 0.3 is 0 Å². The van der Waals surface area contributed by atoms with E-state index in [1.165, 1.54) is 0 Å². The predicted molar refractivity (Wildman–Crippen MR) is 51.9 cm³/mol. The van der Waals surface area contributed by atoms with E-state index < -0.39 is 0 Å². The Morgan fingerprint density at radius 1 is 1.43 bits per heavy atom. The largest absolute Gasteiger partial charge is 0.473 e. The average molecular weight is 189 g/mol. The van der Waals surface area contributed by atoms with Gasteiger partial charge in [0, 0.05) is 23.5 Å². The normalized spacial score (nSPS) is 10.1. The van der Waals surface area contributed by atoms with Gasteiger partial charge in [-0.3, -0.25) is 5.10 Å². The van der Waals surface area contributed by atoms with Gasteiger partial charge in [0.15, 0.2) is 0 Å². The molecule has 2 aromatic rings. The van der Waals surface area contributed by atoms with Crippen LogP contribution in [0.2, 0.25) is 0 Å². The van der Waals surface area contributed by atoms with Crippen molar-refractivity contribution in [1.29, 1.82) is 0 Å². The second kappa shape index (κ2) is 3.91. The molecule has 0 radical (unpaired) electrons. The third-order valence-electron chi connectivity index (χ3n) is 1.80. The van der Waals surface area contributed by atoms with E-state index in [1.807, 2.05) is 25.1 Å². The van der Waals surface area contributed by atoms with E-state index in [0.717, 1.165) is 11.3 Å². The van der Waals surface area contributed by atoms with Crippen molar-refractivity contribution in [3.8, 4) is 5.88 Å². The summed E-state index contributed by atoms with van der Waals surface area (Å²) in [4.78, 5) is 4.22. The Bertz CT molecular complexity index is 398. The molecular weight excluding hydrogens is 178 g/mol. The Balaban J connectivity index is 1.98. The summed E-state index contributed by atoms with van der Waals surface area (Å²) in [5.41, 5.74) is 1.96. The summed E-state index contributed by atoms with van der Waals surface area (Å²) in [5, 5.41) is 6.55. The molecule has 0 bridgehead atoms. The van der Waals surface area contributed by atoms with Gasteiger partial charge in [-0.1, -0.05) is 6.07 Å². The number of aromatic nitrogens is 3. The number of pyridine rings is 1. The maximum Gasteiger partial charge on any atom is 0.213 e. The fourth-order valence-electron chi connectivity index (χ4n) is 1.11. The molecule has 0 amide bonds. The molecule has 0 saturated carbocycles. The zero-order valence-corrected chi connectivity index (χ0v) is 7.90. The number of nitrogens with one attached hydrogen (secondary N) is 1. The quantitative estimate of drug-likeness (QED) is 0.799. The Kier molecular flexibility index (Phi) is 2.44. The molecule has 2 rings (SSSR count). The highest BCUT2D eigenvalue weighted by atomic mass is 16.5. The predicted octanol–water partition coefficient (Wildman–Crippen LogP) is 1.69. The Morgan fingerprint density at radius 2 is 2.36 bits per heavy atom. The van der Waals surface area contributed by atoms with Gasteiger partial charge in [0.25, 0.3) is 0 Å². The van der Waals surface area contributed by atoms with Crippen molar-refractivity contribution in [3.05, 3.63) is 41.9 Å².